The Morgan fingerprint density at radius 1 is 1.24 bits per heavy atom. The quantitative estimate of drug-likeness (QED) is 0.670. The summed E-state index contributed by atoms with van der Waals surface area (Å²) in [6, 6.07) is 11.1. The van der Waals surface area contributed by atoms with Crippen molar-refractivity contribution in [2.45, 2.75) is 19.9 Å². The number of aryl methyl sites for hydroxylation is 3. The van der Waals surface area contributed by atoms with Gasteiger partial charge >= 0.3 is 0 Å². The zero-order valence-electron chi connectivity index (χ0n) is 11.5. The highest BCUT2D eigenvalue weighted by Gasteiger charge is 2.08. The highest BCUT2D eigenvalue weighted by molar-refractivity contribution is 7.71. The lowest BCUT2D eigenvalue weighted by atomic mass is 10.1. The number of rotatable bonds is 3. The van der Waals surface area contributed by atoms with Gasteiger partial charge in [-0.1, -0.05) is 23.7 Å². The molecule has 0 saturated carbocycles. The van der Waals surface area contributed by atoms with Gasteiger partial charge in [0.15, 0.2) is 4.77 Å². The molecule has 2 aromatic carbocycles. The van der Waals surface area contributed by atoms with E-state index < -0.39 is 0 Å². The van der Waals surface area contributed by atoms with Gasteiger partial charge in [-0.2, -0.15) is 0 Å². The van der Waals surface area contributed by atoms with E-state index in [1.165, 1.54) is 11.6 Å². The van der Waals surface area contributed by atoms with E-state index in [4.69, 9.17) is 23.8 Å². The van der Waals surface area contributed by atoms with Crippen LogP contribution in [0.4, 0.5) is 4.39 Å². The third-order valence-corrected chi connectivity index (χ3v) is 4.17. The number of nitrogens with zero attached hydrogens (tertiary/aromatic N) is 1. The average molecular weight is 321 g/mol. The SMILES string of the molecule is Cc1cc2c(cc1F)[nH]c(=S)n2CCc1ccc(Cl)cc1. The van der Waals surface area contributed by atoms with Gasteiger partial charge in [0.1, 0.15) is 5.82 Å². The molecule has 0 aliphatic rings. The van der Waals surface area contributed by atoms with Gasteiger partial charge in [0.2, 0.25) is 0 Å². The molecule has 1 N–H and O–H groups in total. The number of hydrogen-bond acceptors (Lipinski definition) is 1. The maximum Gasteiger partial charge on any atom is 0.178 e. The van der Waals surface area contributed by atoms with E-state index in [2.05, 4.69) is 4.98 Å². The minimum absolute atomic E-state index is 0.219. The second-order valence-electron chi connectivity index (χ2n) is 5.08. The van der Waals surface area contributed by atoms with Crippen molar-refractivity contribution in [2.24, 2.45) is 0 Å². The van der Waals surface area contributed by atoms with Crippen LogP contribution in [0.2, 0.25) is 5.02 Å². The van der Waals surface area contributed by atoms with E-state index in [1.54, 1.807) is 6.92 Å². The molecule has 1 aromatic heterocycles. The maximum atomic E-state index is 13.6. The normalized spacial score (nSPS) is 11.2. The number of halogens is 2. The first kappa shape index (κ1) is 14.3. The summed E-state index contributed by atoms with van der Waals surface area (Å²) < 4.78 is 16.2. The van der Waals surface area contributed by atoms with Crippen molar-refractivity contribution in [3.63, 3.8) is 0 Å². The van der Waals surface area contributed by atoms with Crippen molar-refractivity contribution in [1.29, 1.82) is 0 Å². The van der Waals surface area contributed by atoms with Crippen molar-refractivity contribution in [1.82, 2.24) is 9.55 Å². The number of imidazole rings is 1. The van der Waals surface area contributed by atoms with E-state index in [-0.39, 0.29) is 5.82 Å². The van der Waals surface area contributed by atoms with Gasteiger partial charge in [-0.05, 0) is 61.0 Å². The minimum atomic E-state index is -0.219. The zero-order chi connectivity index (χ0) is 15.0. The summed E-state index contributed by atoms with van der Waals surface area (Å²) in [5.74, 6) is -0.219. The monoisotopic (exact) mass is 320 g/mol. The van der Waals surface area contributed by atoms with Crippen LogP contribution < -0.4 is 0 Å². The standard InChI is InChI=1S/C16H14ClFN2S/c1-10-8-15-14(9-13(10)18)19-16(21)20(15)7-6-11-2-4-12(17)5-3-11/h2-5,8-9H,6-7H2,1H3,(H,19,21). The lowest BCUT2D eigenvalue weighted by Crippen LogP contribution is -2.01. The molecule has 5 heteroatoms. The molecule has 0 fully saturated rings. The summed E-state index contributed by atoms with van der Waals surface area (Å²) in [6.07, 6.45) is 0.842. The van der Waals surface area contributed by atoms with Gasteiger partial charge in [0.25, 0.3) is 0 Å². The Bertz CT molecular complexity index is 849. The molecular formula is C16H14ClFN2S. The van der Waals surface area contributed by atoms with Gasteiger partial charge in [0.05, 0.1) is 11.0 Å². The van der Waals surface area contributed by atoms with E-state index >= 15 is 0 Å². The molecule has 2 nitrogen and oxygen atoms in total. The molecule has 0 atom stereocenters. The van der Waals surface area contributed by atoms with Gasteiger partial charge in [0, 0.05) is 11.6 Å². The molecule has 21 heavy (non-hydrogen) atoms. The molecule has 0 aliphatic heterocycles. The molecule has 0 aliphatic carbocycles. The van der Waals surface area contributed by atoms with Crippen molar-refractivity contribution in [3.8, 4) is 0 Å². The number of aromatic amines is 1. The molecular weight excluding hydrogens is 307 g/mol. The highest BCUT2D eigenvalue weighted by Crippen LogP contribution is 2.19. The van der Waals surface area contributed by atoms with Crippen LogP contribution in [0.15, 0.2) is 36.4 Å². The molecule has 0 amide bonds. The molecule has 0 spiro atoms. The zero-order valence-corrected chi connectivity index (χ0v) is 13.1. The lowest BCUT2D eigenvalue weighted by Gasteiger charge is -2.06. The van der Waals surface area contributed by atoms with Gasteiger partial charge in [-0.15, -0.1) is 0 Å². The van der Waals surface area contributed by atoms with Gasteiger partial charge in [-0.25, -0.2) is 4.39 Å². The number of H-pyrrole nitrogens is 1. The van der Waals surface area contributed by atoms with E-state index in [0.717, 1.165) is 29.0 Å². The van der Waals surface area contributed by atoms with E-state index in [1.807, 2.05) is 34.9 Å². The van der Waals surface area contributed by atoms with Gasteiger partial charge < -0.3 is 9.55 Å². The van der Waals surface area contributed by atoms with Gasteiger partial charge in [-0.3, -0.25) is 0 Å². The summed E-state index contributed by atoms with van der Waals surface area (Å²) in [5, 5.41) is 0.730. The maximum absolute atomic E-state index is 13.6. The Morgan fingerprint density at radius 3 is 2.67 bits per heavy atom. The van der Waals surface area contributed by atoms with E-state index in [9.17, 15) is 4.39 Å². The predicted octanol–water partition coefficient (Wildman–Crippen LogP) is 5.04. The fourth-order valence-corrected chi connectivity index (χ4v) is 2.82. The van der Waals surface area contributed by atoms with Crippen LogP contribution in [0, 0.1) is 17.5 Å². The first-order valence-electron chi connectivity index (χ1n) is 6.68. The summed E-state index contributed by atoms with van der Waals surface area (Å²) >= 11 is 11.2. The fourth-order valence-electron chi connectivity index (χ4n) is 2.40. The third-order valence-electron chi connectivity index (χ3n) is 3.59. The van der Waals surface area contributed by atoms with Crippen LogP contribution in [0.5, 0.6) is 0 Å². The Hall–Kier alpha value is -1.65. The topological polar surface area (TPSA) is 20.7 Å². The molecule has 3 aromatic rings. The Morgan fingerprint density at radius 2 is 1.95 bits per heavy atom. The second kappa shape index (κ2) is 5.62. The lowest BCUT2D eigenvalue weighted by molar-refractivity contribution is 0.620. The molecule has 0 radical (unpaired) electrons. The van der Waals surface area contributed by atoms with Crippen LogP contribution in [-0.2, 0) is 13.0 Å². The van der Waals surface area contributed by atoms with Crippen LogP contribution in [0.1, 0.15) is 11.1 Å². The number of nitrogens with one attached hydrogen (secondary N) is 1. The summed E-state index contributed by atoms with van der Waals surface area (Å²) in [6.45, 7) is 2.50. The van der Waals surface area contributed by atoms with E-state index in [0.29, 0.717) is 10.3 Å². The summed E-state index contributed by atoms with van der Waals surface area (Å²) in [7, 11) is 0. The van der Waals surface area contributed by atoms with Crippen molar-refractivity contribution in [3.05, 3.63) is 63.1 Å². The largest absolute Gasteiger partial charge is 0.330 e. The first-order valence-corrected chi connectivity index (χ1v) is 7.46. The van der Waals surface area contributed by atoms with Crippen molar-refractivity contribution < 1.29 is 4.39 Å². The van der Waals surface area contributed by atoms with Crippen LogP contribution in [-0.4, -0.2) is 9.55 Å². The molecule has 0 saturated heterocycles. The third kappa shape index (κ3) is 2.87. The molecule has 108 valence electrons. The van der Waals surface area contributed by atoms with Crippen LogP contribution in [0.25, 0.3) is 11.0 Å². The number of aromatic nitrogens is 2. The van der Waals surface area contributed by atoms with Crippen LogP contribution in [0.3, 0.4) is 0 Å². The second-order valence-corrected chi connectivity index (χ2v) is 5.90. The Balaban J connectivity index is 1.93. The number of fused-ring (bicyclic) bond motifs is 1. The number of benzene rings is 2. The smallest absolute Gasteiger partial charge is 0.178 e. The average Bonchev–Trinajstić information content (AvgIpc) is 2.74. The molecule has 0 bridgehead atoms. The molecule has 3 rings (SSSR count). The van der Waals surface area contributed by atoms with Crippen molar-refractivity contribution >= 4 is 34.9 Å². The van der Waals surface area contributed by atoms with Crippen LogP contribution >= 0.6 is 23.8 Å². The molecule has 0 unspecified atom stereocenters. The Kier molecular flexibility index (Phi) is 3.83. The predicted molar refractivity (Wildman–Crippen MR) is 87.0 cm³/mol. The fraction of sp³-hybridized carbons (Fsp3) is 0.188. The minimum Gasteiger partial charge on any atom is -0.330 e. The Labute approximate surface area is 132 Å². The summed E-state index contributed by atoms with van der Waals surface area (Å²) in [5.41, 5.74) is 3.48. The van der Waals surface area contributed by atoms with Crippen molar-refractivity contribution in [2.75, 3.05) is 0 Å². The number of hydrogen-bond donors (Lipinski definition) is 1. The summed E-state index contributed by atoms with van der Waals surface area (Å²) in [4.78, 5) is 3.06. The first-order chi connectivity index (χ1) is 10.0. The highest BCUT2D eigenvalue weighted by atomic mass is 35.5. The molecule has 1 heterocycles.